The van der Waals surface area contributed by atoms with Gasteiger partial charge in [0.2, 0.25) is 5.13 Å². The van der Waals surface area contributed by atoms with Gasteiger partial charge in [-0.1, -0.05) is 23.5 Å². The van der Waals surface area contributed by atoms with Gasteiger partial charge >= 0.3 is 12.1 Å². The third-order valence-electron chi connectivity index (χ3n) is 4.02. The van der Waals surface area contributed by atoms with Crippen LogP contribution in [0, 0.1) is 0 Å². The van der Waals surface area contributed by atoms with Crippen molar-refractivity contribution < 1.29 is 14.3 Å². The van der Waals surface area contributed by atoms with Gasteiger partial charge in [0.1, 0.15) is 11.6 Å². The van der Waals surface area contributed by atoms with Crippen molar-refractivity contribution in [2.45, 2.75) is 25.3 Å². The van der Waals surface area contributed by atoms with Gasteiger partial charge in [0.05, 0.1) is 6.54 Å². The summed E-state index contributed by atoms with van der Waals surface area (Å²) in [6.45, 7) is 1.28. The Morgan fingerprint density at radius 2 is 2.24 bits per heavy atom. The molecule has 130 valence electrons. The van der Waals surface area contributed by atoms with Crippen LogP contribution in [0.5, 0.6) is 0 Å². The van der Waals surface area contributed by atoms with Gasteiger partial charge in [-0.25, -0.2) is 9.59 Å². The molecule has 8 nitrogen and oxygen atoms in total. The number of aromatic nitrogens is 2. The smallest absolute Gasteiger partial charge is 0.414 e. The molecule has 1 aliphatic carbocycles. The fourth-order valence-electron chi connectivity index (χ4n) is 2.57. The summed E-state index contributed by atoms with van der Waals surface area (Å²) in [5.41, 5.74) is 1.66. The molecule has 0 unspecified atom stereocenters. The van der Waals surface area contributed by atoms with Gasteiger partial charge in [0, 0.05) is 18.2 Å². The Labute approximate surface area is 148 Å². The van der Waals surface area contributed by atoms with Crippen LogP contribution in [-0.4, -0.2) is 35.5 Å². The van der Waals surface area contributed by atoms with E-state index in [1.54, 1.807) is 4.90 Å². The summed E-state index contributed by atoms with van der Waals surface area (Å²) in [6.07, 6.45) is 1.97. The number of cyclic esters (lactones) is 1. The molecule has 9 heteroatoms. The van der Waals surface area contributed by atoms with E-state index in [9.17, 15) is 9.59 Å². The van der Waals surface area contributed by atoms with Crippen molar-refractivity contribution in [3.05, 3.63) is 34.8 Å². The lowest BCUT2D eigenvalue weighted by Gasteiger charge is -2.14. The zero-order valence-electron chi connectivity index (χ0n) is 13.4. The van der Waals surface area contributed by atoms with E-state index in [-0.39, 0.29) is 12.1 Å². The second-order valence-corrected chi connectivity index (χ2v) is 6.97. The molecule has 0 atom stereocenters. The number of rotatable bonds is 5. The van der Waals surface area contributed by atoms with Crippen LogP contribution >= 0.6 is 11.3 Å². The van der Waals surface area contributed by atoms with Crippen LogP contribution in [0.25, 0.3) is 0 Å². The highest BCUT2D eigenvalue weighted by Crippen LogP contribution is 2.42. The minimum atomic E-state index is -0.342. The Hall–Kier alpha value is -2.68. The largest absolute Gasteiger partial charge is 0.447 e. The van der Waals surface area contributed by atoms with Gasteiger partial charge in [0.25, 0.3) is 0 Å². The molecule has 0 radical (unpaired) electrons. The number of carbonyl (C=O) groups is 2. The van der Waals surface area contributed by atoms with E-state index in [4.69, 9.17) is 4.74 Å². The number of carbonyl (C=O) groups excluding carboxylic acids is 2. The molecule has 1 aliphatic heterocycles. The lowest BCUT2D eigenvalue weighted by Crippen LogP contribution is -2.28. The molecule has 1 aromatic carbocycles. The van der Waals surface area contributed by atoms with E-state index in [0.29, 0.717) is 30.7 Å². The van der Waals surface area contributed by atoms with Gasteiger partial charge in [-0.3, -0.25) is 10.2 Å². The maximum Gasteiger partial charge on any atom is 0.414 e. The molecule has 1 saturated heterocycles. The molecule has 4 rings (SSSR count). The Morgan fingerprint density at radius 1 is 1.36 bits per heavy atom. The number of benzene rings is 1. The first-order chi connectivity index (χ1) is 12.2. The van der Waals surface area contributed by atoms with Crippen LogP contribution in [0.3, 0.4) is 0 Å². The van der Waals surface area contributed by atoms with Crippen molar-refractivity contribution in [3.8, 4) is 0 Å². The highest BCUT2D eigenvalue weighted by molar-refractivity contribution is 7.15. The number of anilines is 2. The second-order valence-electron chi connectivity index (χ2n) is 5.96. The zero-order valence-corrected chi connectivity index (χ0v) is 14.2. The van der Waals surface area contributed by atoms with E-state index in [0.717, 1.165) is 29.1 Å². The second kappa shape index (κ2) is 6.67. The Morgan fingerprint density at radius 3 is 3.00 bits per heavy atom. The molecule has 0 bridgehead atoms. The Kier molecular flexibility index (Phi) is 4.22. The van der Waals surface area contributed by atoms with E-state index in [2.05, 4.69) is 20.8 Å². The normalized spacial score (nSPS) is 16.6. The van der Waals surface area contributed by atoms with Crippen molar-refractivity contribution in [2.75, 3.05) is 23.4 Å². The molecular formula is C16H17N5O3S. The molecule has 2 N–H and O–H groups in total. The highest BCUT2D eigenvalue weighted by atomic mass is 32.1. The molecule has 0 spiro atoms. The van der Waals surface area contributed by atoms with Crippen molar-refractivity contribution in [1.29, 1.82) is 0 Å². The topological polar surface area (TPSA) is 96.5 Å². The lowest BCUT2D eigenvalue weighted by atomic mass is 10.2. The summed E-state index contributed by atoms with van der Waals surface area (Å²) in [5.74, 6) is 0.524. The molecule has 1 aromatic heterocycles. The van der Waals surface area contributed by atoms with Crippen LogP contribution in [-0.2, 0) is 11.3 Å². The summed E-state index contributed by atoms with van der Waals surface area (Å²) < 4.78 is 4.94. The number of hydrogen-bond acceptors (Lipinski definition) is 6. The van der Waals surface area contributed by atoms with E-state index >= 15 is 0 Å². The molecule has 3 amide bonds. The van der Waals surface area contributed by atoms with E-state index in [1.807, 2.05) is 24.3 Å². The molecule has 2 heterocycles. The molecule has 2 aliphatic rings. The number of nitrogens with zero attached hydrogens (tertiary/aromatic N) is 3. The van der Waals surface area contributed by atoms with Crippen molar-refractivity contribution >= 4 is 34.3 Å². The predicted octanol–water partition coefficient (Wildman–Crippen LogP) is 2.69. The molecular weight excluding hydrogens is 342 g/mol. The monoisotopic (exact) mass is 359 g/mol. The maximum atomic E-state index is 12.0. The summed E-state index contributed by atoms with van der Waals surface area (Å²) in [4.78, 5) is 25.2. The minimum Gasteiger partial charge on any atom is -0.447 e. The average Bonchev–Trinajstić information content (AvgIpc) is 3.21. The minimum absolute atomic E-state index is 0.329. The first kappa shape index (κ1) is 15.8. The summed E-state index contributed by atoms with van der Waals surface area (Å²) in [5, 5.41) is 15.1. The van der Waals surface area contributed by atoms with Gasteiger partial charge in [0.15, 0.2) is 0 Å². The standard InChI is InChI=1S/C16H17N5O3S/c22-14(18-15-20-19-13(25-15)11-4-5-11)17-9-10-2-1-3-12(8-10)21-6-7-24-16(21)23/h1-3,8,11H,4-7,9H2,(H2,17,18,20,22). The van der Waals surface area contributed by atoms with E-state index < -0.39 is 0 Å². The van der Waals surface area contributed by atoms with Crippen LogP contribution < -0.4 is 15.5 Å². The van der Waals surface area contributed by atoms with Crippen LogP contribution in [0.1, 0.15) is 29.3 Å². The predicted molar refractivity (Wildman–Crippen MR) is 92.9 cm³/mol. The fraction of sp³-hybridized carbons (Fsp3) is 0.375. The molecule has 2 aromatic rings. The summed E-state index contributed by atoms with van der Waals surface area (Å²) in [6, 6.07) is 7.12. The number of hydrogen-bond donors (Lipinski definition) is 2. The summed E-state index contributed by atoms with van der Waals surface area (Å²) in [7, 11) is 0. The maximum absolute atomic E-state index is 12.0. The van der Waals surface area contributed by atoms with Crippen molar-refractivity contribution in [3.63, 3.8) is 0 Å². The van der Waals surface area contributed by atoms with Gasteiger partial charge < -0.3 is 10.1 Å². The van der Waals surface area contributed by atoms with Crippen molar-refractivity contribution in [1.82, 2.24) is 15.5 Å². The quantitative estimate of drug-likeness (QED) is 0.856. The number of amides is 3. The van der Waals surface area contributed by atoms with E-state index in [1.165, 1.54) is 11.3 Å². The number of urea groups is 1. The van der Waals surface area contributed by atoms with Crippen LogP contribution in [0.4, 0.5) is 20.4 Å². The first-order valence-corrected chi connectivity index (χ1v) is 8.92. The lowest BCUT2D eigenvalue weighted by molar-refractivity contribution is 0.181. The van der Waals surface area contributed by atoms with Crippen LogP contribution in [0.2, 0.25) is 0 Å². The molecule has 25 heavy (non-hydrogen) atoms. The number of ether oxygens (including phenoxy) is 1. The number of nitrogens with one attached hydrogen (secondary N) is 2. The third-order valence-corrected chi connectivity index (χ3v) is 5.02. The SMILES string of the molecule is O=C(NCc1cccc(N2CCOC2=O)c1)Nc1nnc(C2CC2)s1. The zero-order chi connectivity index (χ0) is 17.2. The summed E-state index contributed by atoms with van der Waals surface area (Å²) >= 11 is 1.42. The van der Waals surface area contributed by atoms with Crippen LogP contribution in [0.15, 0.2) is 24.3 Å². The van der Waals surface area contributed by atoms with Crippen molar-refractivity contribution in [2.24, 2.45) is 0 Å². The third kappa shape index (κ3) is 3.71. The average molecular weight is 359 g/mol. The molecule has 1 saturated carbocycles. The Balaban J connectivity index is 1.32. The fourth-order valence-corrected chi connectivity index (χ4v) is 3.47. The first-order valence-electron chi connectivity index (χ1n) is 8.10. The highest BCUT2D eigenvalue weighted by Gasteiger charge is 2.27. The van der Waals surface area contributed by atoms with Gasteiger partial charge in [-0.05, 0) is 30.5 Å². The Bertz CT molecular complexity index is 805. The van der Waals surface area contributed by atoms with Gasteiger partial charge in [-0.2, -0.15) is 0 Å². The van der Waals surface area contributed by atoms with Gasteiger partial charge in [-0.15, -0.1) is 10.2 Å². The molecule has 2 fully saturated rings.